The molecule has 8 rings (SSSR count). The Balaban J connectivity index is 0.788. The van der Waals surface area contributed by atoms with Gasteiger partial charge in [0.05, 0.1) is 48.9 Å². The fraction of sp³-hybridized carbons (Fsp3) is 0.125. The van der Waals surface area contributed by atoms with Crippen LogP contribution >= 0.6 is 0 Å². The maximum Gasteiger partial charge on any atom is 0.257 e. The Bertz CT molecular complexity index is 2380. The highest BCUT2D eigenvalue weighted by Crippen LogP contribution is 2.33. The first-order valence-corrected chi connectivity index (χ1v) is 18.7. The maximum atomic E-state index is 13.8. The lowest BCUT2D eigenvalue weighted by atomic mass is 9.96. The molecule has 0 aliphatic heterocycles. The molecule has 0 saturated heterocycles. The Hall–Kier alpha value is -6.74. The highest BCUT2D eigenvalue weighted by atomic mass is 16.6. The third-order valence-corrected chi connectivity index (χ3v) is 9.61. The number of para-hydroxylation sites is 4. The molecule has 2 amide bonds. The number of fused-ring (bicyclic) bond motifs is 4. The van der Waals surface area contributed by atoms with Gasteiger partial charge in [-0.25, -0.2) is 0 Å². The van der Waals surface area contributed by atoms with Gasteiger partial charge in [-0.1, -0.05) is 121 Å². The molecule has 0 saturated carbocycles. The van der Waals surface area contributed by atoms with Crippen molar-refractivity contribution in [1.82, 2.24) is 0 Å². The van der Waals surface area contributed by atoms with E-state index in [4.69, 9.17) is 18.9 Å². The van der Waals surface area contributed by atoms with Gasteiger partial charge in [-0.2, -0.15) is 0 Å². The Labute approximate surface area is 324 Å². The van der Waals surface area contributed by atoms with Gasteiger partial charge >= 0.3 is 0 Å². The summed E-state index contributed by atoms with van der Waals surface area (Å²) in [5.74, 6) is 0.720. The highest BCUT2D eigenvalue weighted by Gasteiger charge is 2.18. The van der Waals surface area contributed by atoms with Crippen molar-refractivity contribution in [1.29, 1.82) is 0 Å². The number of carbonyl (C=O) groups excluding carboxylic acids is 2. The third kappa shape index (κ3) is 8.03. The van der Waals surface area contributed by atoms with E-state index in [0.717, 1.165) is 43.1 Å². The molecule has 0 unspecified atom stereocenters. The second-order valence-electron chi connectivity index (χ2n) is 13.2. The normalized spacial score (nSPS) is 11.2. The summed E-state index contributed by atoms with van der Waals surface area (Å²) in [5.41, 5.74) is 2.43. The number of carbonyl (C=O) groups is 2. The van der Waals surface area contributed by atoms with Gasteiger partial charge in [-0.3, -0.25) is 9.59 Å². The van der Waals surface area contributed by atoms with E-state index in [-0.39, 0.29) is 11.8 Å². The lowest BCUT2D eigenvalue weighted by Crippen LogP contribution is -2.16. The molecule has 0 atom stereocenters. The predicted octanol–water partition coefficient (Wildman–Crippen LogP) is 10.3. The molecule has 0 aliphatic carbocycles. The van der Waals surface area contributed by atoms with Crippen molar-refractivity contribution in [3.8, 4) is 11.5 Å². The monoisotopic (exact) mass is 740 g/mol. The maximum absolute atomic E-state index is 13.8. The van der Waals surface area contributed by atoms with Crippen LogP contribution < -0.4 is 20.1 Å². The van der Waals surface area contributed by atoms with Crippen LogP contribution in [0.4, 0.5) is 11.4 Å². The smallest absolute Gasteiger partial charge is 0.257 e. The molecule has 0 radical (unpaired) electrons. The summed E-state index contributed by atoms with van der Waals surface area (Å²) in [6.45, 7) is 2.03. The summed E-state index contributed by atoms with van der Waals surface area (Å²) in [6.07, 6.45) is 0. The molecule has 0 aromatic heterocycles. The van der Waals surface area contributed by atoms with E-state index in [1.54, 1.807) is 0 Å². The number of hydrogen-bond acceptors (Lipinski definition) is 6. The minimum Gasteiger partial charge on any atom is -0.489 e. The van der Waals surface area contributed by atoms with E-state index in [0.29, 0.717) is 73.6 Å². The number of hydrogen-bond donors (Lipinski definition) is 2. The molecule has 278 valence electrons. The van der Waals surface area contributed by atoms with Crippen molar-refractivity contribution in [3.05, 3.63) is 169 Å². The van der Waals surface area contributed by atoms with Crippen LogP contribution in [0.15, 0.2) is 158 Å². The van der Waals surface area contributed by atoms with Crippen molar-refractivity contribution in [2.24, 2.45) is 0 Å². The van der Waals surface area contributed by atoms with Gasteiger partial charge in [0, 0.05) is 0 Å². The molecule has 0 aliphatic rings. The zero-order valence-corrected chi connectivity index (χ0v) is 30.7. The molecule has 8 aromatic carbocycles. The number of rotatable bonds is 15. The Morgan fingerprint density at radius 1 is 0.375 bits per heavy atom. The molecule has 8 heteroatoms. The van der Waals surface area contributed by atoms with Crippen LogP contribution in [0.2, 0.25) is 0 Å². The van der Waals surface area contributed by atoms with Gasteiger partial charge in [-0.05, 0) is 79.5 Å². The standard InChI is InChI=1S/C48H40N2O6/c51-47(45-37-17-5-1-13-33(37)31-34-14-2-6-18-38(34)45)49-41-21-9-11-23-43(41)55-29-27-53-25-26-54-28-30-56-44-24-12-10-22-42(44)50-48(52)46-39-19-7-3-15-35(39)32-36-16-4-8-20-40(36)46/h1-24,31-32H,25-30H2,(H,49,51)(H,50,52). The van der Waals surface area contributed by atoms with Crippen LogP contribution in [0, 0.1) is 0 Å². The van der Waals surface area contributed by atoms with Gasteiger partial charge in [-0.15, -0.1) is 0 Å². The fourth-order valence-corrected chi connectivity index (χ4v) is 7.02. The van der Waals surface area contributed by atoms with Crippen molar-refractivity contribution in [3.63, 3.8) is 0 Å². The number of anilines is 2. The molecular weight excluding hydrogens is 701 g/mol. The summed E-state index contributed by atoms with van der Waals surface area (Å²) in [4.78, 5) is 27.5. The number of amides is 2. The summed E-state index contributed by atoms with van der Waals surface area (Å²) in [7, 11) is 0. The van der Waals surface area contributed by atoms with E-state index in [1.165, 1.54) is 0 Å². The van der Waals surface area contributed by atoms with Crippen LogP contribution in [0.25, 0.3) is 43.1 Å². The second kappa shape index (κ2) is 17.2. The van der Waals surface area contributed by atoms with Crippen LogP contribution in [-0.4, -0.2) is 51.5 Å². The van der Waals surface area contributed by atoms with Crippen LogP contribution in [0.5, 0.6) is 11.5 Å². The van der Waals surface area contributed by atoms with Crippen molar-refractivity contribution < 1.29 is 28.5 Å². The number of nitrogens with one attached hydrogen (secondary N) is 2. The van der Waals surface area contributed by atoms with Gasteiger partial charge in [0.25, 0.3) is 11.8 Å². The molecule has 0 heterocycles. The van der Waals surface area contributed by atoms with E-state index < -0.39 is 0 Å². The lowest BCUT2D eigenvalue weighted by molar-refractivity contribution is 0.0275. The Morgan fingerprint density at radius 2 is 0.679 bits per heavy atom. The molecule has 0 bridgehead atoms. The third-order valence-electron chi connectivity index (χ3n) is 9.61. The lowest BCUT2D eigenvalue weighted by Gasteiger charge is -2.15. The molecule has 2 N–H and O–H groups in total. The minimum atomic E-state index is -0.200. The van der Waals surface area contributed by atoms with E-state index >= 15 is 0 Å². The summed E-state index contributed by atoms with van der Waals surface area (Å²) < 4.78 is 23.5. The van der Waals surface area contributed by atoms with Crippen LogP contribution in [0.3, 0.4) is 0 Å². The molecule has 0 fully saturated rings. The second-order valence-corrected chi connectivity index (χ2v) is 13.2. The van der Waals surface area contributed by atoms with E-state index in [1.807, 2.05) is 146 Å². The predicted molar refractivity (Wildman–Crippen MR) is 224 cm³/mol. The van der Waals surface area contributed by atoms with Crippen LogP contribution in [0.1, 0.15) is 20.7 Å². The quantitative estimate of drug-likeness (QED) is 0.0803. The largest absolute Gasteiger partial charge is 0.489 e. The van der Waals surface area contributed by atoms with Gasteiger partial charge in [0.2, 0.25) is 0 Å². The van der Waals surface area contributed by atoms with Gasteiger partial charge < -0.3 is 29.6 Å². The summed E-state index contributed by atoms with van der Waals surface area (Å²) in [5, 5.41) is 13.8. The van der Waals surface area contributed by atoms with Gasteiger partial charge in [0.15, 0.2) is 0 Å². The molecular formula is C48H40N2O6. The van der Waals surface area contributed by atoms with E-state index in [9.17, 15) is 9.59 Å². The average Bonchev–Trinajstić information content (AvgIpc) is 3.23. The van der Waals surface area contributed by atoms with E-state index in [2.05, 4.69) is 22.8 Å². The first-order valence-electron chi connectivity index (χ1n) is 18.7. The Morgan fingerprint density at radius 3 is 1.05 bits per heavy atom. The zero-order valence-electron chi connectivity index (χ0n) is 30.7. The van der Waals surface area contributed by atoms with Gasteiger partial charge in [0.1, 0.15) is 24.7 Å². The SMILES string of the molecule is O=C(Nc1ccccc1OCCOCCOCCOc1ccccc1NC(=O)c1c2ccccc2cc2ccccc12)c1c2ccccc2cc2ccccc12. The first-order chi connectivity index (χ1) is 27.6. The molecule has 0 spiro atoms. The van der Waals surface area contributed by atoms with Crippen molar-refractivity contribution >= 4 is 66.3 Å². The summed E-state index contributed by atoms with van der Waals surface area (Å²) in [6, 6.07) is 50.7. The first kappa shape index (κ1) is 36.2. The zero-order chi connectivity index (χ0) is 38.1. The van der Waals surface area contributed by atoms with Crippen LogP contribution in [-0.2, 0) is 9.47 Å². The highest BCUT2D eigenvalue weighted by molar-refractivity contribution is 6.23. The molecule has 8 nitrogen and oxygen atoms in total. The molecule has 8 aromatic rings. The number of benzene rings is 8. The van der Waals surface area contributed by atoms with Crippen molar-refractivity contribution in [2.75, 3.05) is 50.3 Å². The number of ether oxygens (including phenoxy) is 4. The fourth-order valence-electron chi connectivity index (χ4n) is 7.02. The topological polar surface area (TPSA) is 95.1 Å². The minimum absolute atomic E-state index is 0.200. The molecule has 56 heavy (non-hydrogen) atoms. The van der Waals surface area contributed by atoms with Crippen molar-refractivity contribution in [2.45, 2.75) is 0 Å². The Kier molecular flexibility index (Phi) is 11.1. The summed E-state index contributed by atoms with van der Waals surface area (Å²) >= 11 is 0. The average molecular weight is 741 g/mol.